The van der Waals surface area contributed by atoms with E-state index in [0.29, 0.717) is 18.1 Å². The molecule has 1 fully saturated rings. The van der Waals surface area contributed by atoms with Crippen molar-refractivity contribution in [2.75, 3.05) is 13.1 Å². The number of pyridine rings is 1. The van der Waals surface area contributed by atoms with Crippen LogP contribution in [0.4, 0.5) is 0 Å². The van der Waals surface area contributed by atoms with E-state index in [1.54, 1.807) is 23.2 Å². The van der Waals surface area contributed by atoms with Gasteiger partial charge in [-0.1, -0.05) is 23.7 Å². The van der Waals surface area contributed by atoms with Gasteiger partial charge in [-0.2, -0.15) is 0 Å². The molecule has 5 nitrogen and oxygen atoms in total. The number of amides is 1. The highest BCUT2D eigenvalue weighted by molar-refractivity contribution is 6.33. The van der Waals surface area contributed by atoms with Crippen LogP contribution >= 0.6 is 11.6 Å². The maximum absolute atomic E-state index is 12.8. The third-order valence-electron chi connectivity index (χ3n) is 5.72. The Morgan fingerprint density at radius 3 is 2.90 bits per heavy atom. The summed E-state index contributed by atoms with van der Waals surface area (Å²) in [4.78, 5) is 18.7. The van der Waals surface area contributed by atoms with Gasteiger partial charge in [0.05, 0.1) is 11.6 Å². The van der Waals surface area contributed by atoms with Crippen LogP contribution in [0, 0.1) is 0 Å². The zero-order valence-electron chi connectivity index (χ0n) is 17.0. The summed E-state index contributed by atoms with van der Waals surface area (Å²) in [7, 11) is 0. The molecule has 4 rings (SSSR count). The van der Waals surface area contributed by atoms with Crippen LogP contribution in [0.1, 0.15) is 53.7 Å². The Morgan fingerprint density at radius 1 is 1.30 bits per heavy atom. The highest BCUT2D eigenvalue weighted by Crippen LogP contribution is 2.34. The number of carbonyl (C=O) groups excluding carboxylic acids is 1. The maximum atomic E-state index is 12.8. The number of allylic oxidation sites excluding steroid dienone is 3. The first kappa shape index (κ1) is 20.6. The number of aliphatic hydroxyl groups excluding tert-OH is 1. The SMILES string of the molecule is CC1=CCCC=C1Oc1ccc(C2CCN(C(=O)c3ncccc3Cl)C2)c(CO)c1. The van der Waals surface area contributed by atoms with Gasteiger partial charge < -0.3 is 14.7 Å². The van der Waals surface area contributed by atoms with E-state index in [1.807, 2.05) is 25.1 Å². The molecule has 1 N–H and O–H groups in total. The normalized spacial score (nSPS) is 18.8. The number of ether oxygens (including phenoxy) is 1. The van der Waals surface area contributed by atoms with Gasteiger partial charge in [-0.15, -0.1) is 0 Å². The fourth-order valence-electron chi connectivity index (χ4n) is 4.10. The molecule has 0 saturated carbocycles. The number of hydrogen-bond acceptors (Lipinski definition) is 4. The second-order valence-corrected chi connectivity index (χ2v) is 8.13. The van der Waals surface area contributed by atoms with Crippen LogP contribution in [0.15, 0.2) is 60.0 Å². The number of halogens is 1. The molecular formula is C24H25ClN2O3. The fraction of sp³-hybridized carbons (Fsp3) is 0.333. The molecule has 1 amide bonds. The second kappa shape index (κ2) is 9.02. The van der Waals surface area contributed by atoms with E-state index in [0.717, 1.165) is 47.5 Å². The van der Waals surface area contributed by atoms with Crippen molar-refractivity contribution in [3.63, 3.8) is 0 Å². The van der Waals surface area contributed by atoms with Crippen molar-refractivity contribution in [1.82, 2.24) is 9.88 Å². The molecule has 1 saturated heterocycles. The molecular weight excluding hydrogens is 400 g/mol. The lowest BCUT2D eigenvalue weighted by Gasteiger charge is -2.19. The summed E-state index contributed by atoms with van der Waals surface area (Å²) >= 11 is 6.14. The Hall–Kier alpha value is -2.63. The molecule has 2 aliphatic rings. The quantitative estimate of drug-likeness (QED) is 0.744. The Kier molecular flexibility index (Phi) is 6.21. The minimum Gasteiger partial charge on any atom is -0.457 e. The molecule has 6 heteroatoms. The molecule has 0 bridgehead atoms. The molecule has 1 aliphatic heterocycles. The molecule has 0 spiro atoms. The Bertz CT molecular complexity index is 1020. The van der Waals surface area contributed by atoms with Crippen molar-refractivity contribution in [3.8, 4) is 5.75 Å². The topological polar surface area (TPSA) is 62.7 Å². The number of hydrogen-bond donors (Lipinski definition) is 1. The summed E-state index contributed by atoms with van der Waals surface area (Å²) in [5.41, 5.74) is 3.31. The van der Waals surface area contributed by atoms with Gasteiger partial charge in [0, 0.05) is 25.2 Å². The molecule has 1 aliphatic carbocycles. The summed E-state index contributed by atoms with van der Waals surface area (Å²) in [6.07, 6.45) is 8.70. The number of aliphatic hydroxyl groups is 1. The smallest absolute Gasteiger partial charge is 0.274 e. The van der Waals surface area contributed by atoms with E-state index < -0.39 is 0 Å². The molecule has 156 valence electrons. The molecule has 1 aromatic carbocycles. The standard InChI is InChI=1S/C24H25ClN2O3/c1-16-5-2-3-7-22(16)30-19-8-9-20(18(13-19)15-28)17-10-12-27(14-17)24(29)23-21(25)6-4-11-26-23/h4-9,11,13,17,28H,2-3,10,12,14-15H2,1H3. The summed E-state index contributed by atoms with van der Waals surface area (Å²) in [5.74, 6) is 1.60. The number of rotatable bonds is 5. The average molecular weight is 425 g/mol. The van der Waals surface area contributed by atoms with Crippen LogP contribution < -0.4 is 4.74 Å². The van der Waals surface area contributed by atoms with E-state index in [4.69, 9.17) is 16.3 Å². The van der Waals surface area contributed by atoms with E-state index >= 15 is 0 Å². The van der Waals surface area contributed by atoms with Crippen molar-refractivity contribution < 1.29 is 14.6 Å². The highest BCUT2D eigenvalue weighted by atomic mass is 35.5. The number of likely N-dealkylation sites (tertiary alicyclic amines) is 1. The van der Waals surface area contributed by atoms with Gasteiger partial charge in [-0.05, 0) is 73.2 Å². The lowest BCUT2D eigenvalue weighted by molar-refractivity contribution is 0.0785. The van der Waals surface area contributed by atoms with Crippen molar-refractivity contribution in [1.29, 1.82) is 0 Å². The lowest BCUT2D eigenvalue weighted by atomic mass is 9.93. The van der Waals surface area contributed by atoms with Crippen molar-refractivity contribution >= 4 is 17.5 Å². The number of carbonyl (C=O) groups is 1. The summed E-state index contributed by atoms with van der Waals surface area (Å²) in [6.45, 7) is 3.18. The van der Waals surface area contributed by atoms with E-state index in [1.165, 1.54) is 0 Å². The van der Waals surface area contributed by atoms with Crippen LogP contribution in [-0.4, -0.2) is 34.0 Å². The first-order valence-electron chi connectivity index (χ1n) is 10.3. The van der Waals surface area contributed by atoms with Crippen LogP contribution in [-0.2, 0) is 6.61 Å². The van der Waals surface area contributed by atoms with Crippen molar-refractivity contribution in [2.45, 2.75) is 38.7 Å². The third kappa shape index (κ3) is 4.27. The fourth-order valence-corrected chi connectivity index (χ4v) is 4.30. The molecule has 1 atom stereocenters. The van der Waals surface area contributed by atoms with Gasteiger partial charge in [-0.3, -0.25) is 4.79 Å². The zero-order chi connectivity index (χ0) is 21.1. The molecule has 1 aromatic heterocycles. The van der Waals surface area contributed by atoms with Crippen molar-refractivity contribution in [2.24, 2.45) is 0 Å². The number of nitrogens with zero attached hydrogens (tertiary/aromatic N) is 2. The maximum Gasteiger partial charge on any atom is 0.274 e. The van der Waals surface area contributed by atoms with Crippen LogP contribution in [0.2, 0.25) is 5.02 Å². The van der Waals surface area contributed by atoms with E-state index in [-0.39, 0.29) is 24.1 Å². The Morgan fingerprint density at radius 2 is 2.13 bits per heavy atom. The Balaban J connectivity index is 1.49. The van der Waals surface area contributed by atoms with Gasteiger partial charge in [-0.25, -0.2) is 4.98 Å². The molecule has 2 aromatic rings. The number of benzene rings is 1. The second-order valence-electron chi connectivity index (χ2n) is 7.72. The monoisotopic (exact) mass is 424 g/mol. The van der Waals surface area contributed by atoms with Gasteiger partial charge in [0.1, 0.15) is 17.2 Å². The Labute approximate surface area is 181 Å². The highest BCUT2D eigenvalue weighted by Gasteiger charge is 2.30. The minimum absolute atomic E-state index is 0.0725. The van der Waals surface area contributed by atoms with Crippen molar-refractivity contribution in [3.05, 3.63) is 81.9 Å². The van der Waals surface area contributed by atoms with Gasteiger partial charge in [0.15, 0.2) is 0 Å². The number of aromatic nitrogens is 1. The minimum atomic E-state index is -0.153. The van der Waals surface area contributed by atoms with Gasteiger partial charge in [0.2, 0.25) is 0 Å². The zero-order valence-corrected chi connectivity index (χ0v) is 17.7. The van der Waals surface area contributed by atoms with Crippen LogP contribution in [0.5, 0.6) is 5.75 Å². The predicted octanol–water partition coefficient (Wildman–Crippen LogP) is 4.86. The molecule has 0 radical (unpaired) electrons. The third-order valence-corrected chi connectivity index (χ3v) is 6.03. The van der Waals surface area contributed by atoms with Crippen LogP contribution in [0.3, 0.4) is 0 Å². The molecule has 30 heavy (non-hydrogen) atoms. The molecule has 2 heterocycles. The van der Waals surface area contributed by atoms with Crippen LogP contribution in [0.25, 0.3) is 0 Å². The first-order chi connectivity index (χ1) is 14.6. The van der Waals surface area contributed by atoms with Gasteiger partial charge in [0.25, 0.3) is 5.91 Å². The largest absolute Gasteiger partial charge is 0.457 e. The predicted molar refractivity (Wildman–Crippen MR) is 117 cm³/mol. The van der Waals surface area contributed by atoms with E-state index in [2.05, 4.69) is 17.1 Å². The summed E-state index contributed by atoms with van der Waals surface area (Å²) in [6, 6.07) is 9.24. The summed E-state index contributed by atoms with van der Waals surface area (Å²) in [5, 5.41) is 10.3. The molecule has 1 unspecified atom stereocenters. The summed E-state index contributed by atoms with van der Waals surface area (Å²) < 4.78 is 6.05. The first-order valence-corrected chi connectivity index (χ1v) is 10.6. The van der Waals surface area contributed by atoms with Gasteiger partial charge >= 0.3 is 0 Å². The average Bonchev–Trinajstić information content (AvgIpc) is 3.25. The lowest BCUT2D eigenvalue weighted by Crippen LogP contribution is -2.29. The van der Waals surface area contributed by atoms with E-state index in [9.17, 15) is 9.90 Å².